The number of rotatable bonds is 5. The second-order valence-corrected chi connectivity index (χ2v) is 6.71. The minimum absolute atomic E-state index is 0.129. The van der Waals surface area contributed by atoms with E-state index in [2.05, 4.69) is 0 Å². The number of allylic oxidation sites excluding steroid dienone is 2. The van der Waals surface area contributed by atoms with Gasteiger partial charge in [0.1, 0.15) is 0 Å². The highest BCUT2D eigenvalue weighted by Gasteiger charge is 2.24. The zero-order valence-corrected chi connectivity index (χ0v) is 15.2. The van der Waals surface area contributed by atoms with Crippen molar-refractivity contribution in [2.75, 3.05) is 6.61 Å². The first-order chi connectivity index (χ1) is 13.6. The molecular formula is C24H18O4. The minimum atomic E-state index is -0.392. The Morgan fingerprint density at radius 1 is 0.821 bits per heavy atom. The second kappa shape index (κ2) is 7.61. The lowest BCUT2D eigenvalue weighted by atomic mass is 9.88. The smallest absolute Gasteiger partial charge is 0.338 e. The third kappa shape index (κ3) is 3.49. The first-order valence-electron chi connectivity index (χ1n) is 9.18. The Labute approximate surface area is 162 Å². The summed E-state index contributed by atoms with van der Waals surface area (Å²) in [6.45, 7) is 0.187. The Morgan fingerprint density at radius 3 is 2.36 bits per heavy atom. The van der Waals surface area contributed by atoms with E-state index in [4.69, 9.17) is 4.74 Å². The Hall–Kier alpha value is -3.53. The fourth-order valence-corrected chi connectivity index (χ4v) is 3.38. The van der Waals surface area contributed by atoms with Gasteiger partial charge >= 0.3 is 5.97 Å². The van der Waals surface area contributed by atoms with Crippen LogP contribution in [0, 0.1) is 0 Å². The molecule has 0 spiro atoms. The van der Waals surface area contributed by atoms with Crippen molar-refractivity contribution in [2.45, 2.75) is 12.8 Å². The molecular weight excluding hydrogens is 352 g/mol. The predicted molar refractivity (Wildman–Crippen MR) is 107 cm³/mol. The average molecular weight is 370 g/mol. The van der Waals surface area contributed by atoms with Crippen LogP contribution in [-0.2, 0) is 4.74 Å². The van der Waals surface area contributed by atoms with Crippen LogP contribution in [0.2, 0.25) is 0 Å². The lowest BCUT2D eigenvalue weighted by molar-refractivity contribution is 0.0500. The highest BCUT2D eigenvalue weighted by atomic mass is 16.5. The van der Waals surface area contributed by atoms with Gasteiger partial charge in [-0.1, -0.05) is 54.6 Å². The van der Waals surface area contributed by atoms with Gasteiger partial charge in [0.2, 0.25) is 0 Å². The van der Waals surface area contributed by atoms with Crippen LogP contribution < -0.4 is 0 Å². The number of carbonyl (C=O) groups excluding carboxylic acids is 3. The molecule has 28 heavy (non-hydrogen) atoms. The van der Waals surface area contributed by atoms with Crippen LogP contribution >= 0.6 is 0 Å². The van der Waals surface area contributed by atoms with E-state index in [0.29, 0.717) is 35.1 Å². The Kier molecular flexibility index (Phi) is 4.85. The first-order valence-corrected chi connectivity index (χ1v) is 9.18. The number of carbonyl (C=O) groups is 3. The molecule has 0 radical (unpaired) electrons. The molecule has 3 aromatic carbocycles. The van der Waals surface area contributed by atoms with Gasteiger partial charge in [0, 0.05) is 16.7 Å². The standard InChI is InChI=1S/C24H18O4/c25-22-15-18(23(26)21-10-4-3-9-20(21)22)8-5-13-28-24(27)19-12-11-16-6-1-2-7-17(16)14-19/h1-4,6-7,9-12,14-15H,5,8,13H2. The molecule has 1 aliphatic rings. The third-order valence-corrected chi connectivity index (χ3v) is 4.84. The van der Waals surface area contributed by atoms with Crippen molar-refractivity contribution in [3.63, 3.8) is 0 Å². The molecule has 3 aromatic rings. The molecule has 0 aromatic heterocycles. The lowest BCUT2D eigenvalue weighted by Gasteiger charge is -2.14. The van der Waals surface area contributed by atoms with Crippen LogP contribution in [0.4, 0.5) is 0 Å². The molecule has 4 heteroatoms. The van der Waals surface area contributed by atoms with E-state index in [0.717, 1.165) is 10.8 Å². The molecule has 138 valence electrons. The molecule has 4 nitrogen and oxygen atoms in total. The Morgan fingerprint density at radius 2 is 1.54 bits per heavy atom. The van der Waals surface area contributed by atoms with Gasteiger partial charge in [-0.3, -0.25) is 9.59 Å². The van der Waals surface area contributed by atoms with Crippen LogP contribution in [0.15, 0.2) is 78.4 Å². The van der Waals surface area contributed by atoms with Crippen molar-refractivity contribution in [3.8, 4) is 0 Å². The normalized spacial score (nSPS) is 13.2. The summed E-state index contributed by atoms with van der Waals surface area (Å²) in [4.78, 5) is 36.9. The predicted octanol–water partition coefficient (Wildman–Crippen LogP) is 4.78. The number of ether oxygens (including phenoxy) is 1. The van der Waals surface area contributed by atoms with Crippen LogP contribution in [0.5, 0.6) is 0 Å². The molecule has 4 rings (SSSR count). The van der Waals surface area contributed by atoms with Gasteiger partial charge in [0.05, 0.1) is 12.2 Å². The molecule has 0 heterocycles. The minimum Gasteiger partial charge on any atom is -0.462 e. The molecule has 0 saturated carbocycles. The van der Waals surface area contributed by atoms with Crippen LogP contribution in [0.3, 0.4) is 0 Å². The molecule has 0 saturated heterocycles. The molecule has 0 aliphatic heterocycles. The summed E-state index contributed by atoms with van der Waals surface area (Å²) < 4.78 is 5.34. The van der Waals surface area contributed by atoms with Crippen LogP contribution in [-0.4, -0.2) is 24.1 Å². The summed E-state index contributed by atoms with van der Waals surface area (Å²) in [7, 11) is 0. The number of fused-ring (bicyclic) bond motifs is 2. The van der Waals surface area contributed by atoms with Crippen LogP contribution in [0.25, 0.3) is 10.8 Å². The van der Waals surface area contributed by atoms with E-state index < -0.39 is 5.97 Å². The highest BCUT2D eigenvalue weighted by Crippen LogP contribution is 2.24. The van der Waals surface area contributed by atoms with Crippen molar-refractivity contribution < 1.29 is 19.1 Å². The van der Waals surface area contributed by atoms with Crippen molar-refractivity contribution in [3.05, 3.63) is 95.1 Å². The number of Topliss-reactive ketones (excluding diaryl/α,β-unsaturated/α-hetero) is 1. The maximum Gasteiger partial charge on any atom is 0.338 e. The van der Waals surface area contributed by atoms with E-state index in [1.165, 1.54) is 6.08 Å². The fraction of sp³-hybridized carbons (Fsp3) is 0.125. The van der Waals surface area contributed by atoms with Crippen LogP contribution in [0.1, 0.15) is 43.9 Å². The van der Waals surface area contributed by atoms with Crippen molar-refractivity contribution in [2.24, 2.45) is 0 Å². The summed E-state index contributed by atoms with van der Waals surface area (Å²) in [5, 5.41) is 2.04. The molecule has 1 aliphatic carbocycles. The van der Waals surface area contributed by atoms with E-state index in [1.807, 2.05) is 30.3 Å². The Bertz CT molecular complexity index is 1120. The first kappa shape index (κ1) is 17.9. The number of esters is 1. The SMILES string of the molecule is O=C(OCCCC1=CC(=O)c2ccccc2C1=O)c1ccc2ccccc2c1. The summed E-state index contributed by atoms with van der Waals surface area (Å²) in [5.74, 6) is -0.675. The third-order valence-electron chi connectivity index (χ3n) is 4.84. The molecule has 0 N–H and O–H groups in total. The molecule has 0 bridgehead atoms. The average Bonchev–Trinajstić information content (AvgIpc) is 2.74. The van der Waals surface area contributed by atoms with Gasteiger partial charge in [-0.2, -0.15) is 0 Å². The van der Waals surface area contributed by atoms with Gasteiger partial charge in [-0.15, -0.1) is 0 Å². The Balaban J connectivity index is 1.35. The maximum absolute atomic E-state index is 12.5. The topological polar surface area (TPSA) is 60.4 Å². The van der Waals surface area contributed by atoms with E-state index in [9.17, 15) is 14.4 Å². The van der Waals surface area contributed by atoms with Crippen molar-refractivity contribution >= 4 is 28.3 Å². The number of ketones is 2. The quantitative estimate of drug-likeness (QED) is 0.479. The van der Waals surface area contributed by atoms with E-state index in [1.54, 1.807) is 36.4 Å². The van der Waals surface area contributed by atoms with Gasteiger partial charge in [-0.05, 0) is 41.8 Å². The maximum atomic E-state index is 12.5. The van der Waals surface area contributed by atoms with Gasteiger partial charge in [-0.25, -0.2) is 4.79 Å². The van der Waals surface area contributed by atoms with E-state index in [-0.39, 0.29) is 18.2 Å². The summed E-state index contributed by atoms with van der Waals surface area (Å²) >= 11 is 0. The molecule has 0 fully saturated rings. The molecule has 0 unspecified atom stereocenters. The van der Waals surface area contributed by atoms with Gasteiger partial charge < -0.3 is 4.74 Å². The van der Waals surface area contributed by atoms with Gasteiger partial charge in [0.25, 0.3) is 0 Å². The monoisotopic (exact) mass is 370 g/mol. The van der Waals surface area contributed by atoms with Crippen molar-refractivity contribution in [1.82, 2.24) is 0 Å². The number of hydrogen-bond donors (Lipinski definition) is 0. The summed E-state index contributed by atoms with van der Waals surface area (Å²) in [5.41, 5.74) is 1.85. The highest BCUT2D eigenvalue weighted by molar-refractivity contribution is 6.24. The largest absolute Gasteiger partial charge is 0.462 e. The summed E-state index contributed by atoms with van der Waals surface area (Å²) in [6.07, 6.45) is 2.27. The zero-order valence-electron chi connectivity index (χ0n) is 15.2. The van der Waals surface area contributed by atoms with Gasteiger partial charge in [0.15, 0.2) is 11.6 Å². The molecule has 0 amide bonds. The number of benzene rings is 3. The number of hydrogen-bond acceptors (Lipinski definition) is 4. The lowest BCUT2D eigenvalue weighted by Crippen LogP contribution is -2.17. The second-order valence-electron chi connectivity index (χ2n) is 6.71. The van der Waals surface area contributed by atoms with E-state index >= 15 is 0 Å². The van der Waals surface area contributed by atoms with Crippen molar-refractivity contribution in [1.29, 1.82) is 0 Å². The molecule has 0 atom stereocenters. The fourth-order valence-electron chi connectivity index (χ4n) is 3.38. The summed E-state index contributed by atoms with van der Waals surface area (Å²) in [6, 6.07) is 20.1. The zero-order chi connectivity index (χ0) is 19.5.